The molecule has 5 atom stereocenters. The van der Waals surface area contributed by atoms with Crippen LogP contribution in [0.1, 0.15) is 27.8 Å². The molecule has 0 aliphatic rings. The Balaban J connectivity index is 1.38. The van der Waals surface area contributed by atoms with Crippen molar-refractivity contribution in [1.82, 2.24) is 21.3 Å². The van der Waals surface area contributed by atoms with E-state index in [1.165, 1.54) is 0 Å². The highest BCUT2D eigenvalue weighted by atomic mass is 16.4. The average molecular weight is 754 g/mol. The van der Waals surface area contributed by atoms with Gasteiger partial charge in [-0.15, -0.1) is 0 Å². The number of carboxylic acid groups (broad SMARTS) is 1. The summed E-state index contributed by atoms with van der Waals surface area (Å²) in [4.78, 5) is 68.1. The summed E-state index contributed by atoms with van der Waals surface area (Å²) in [6, 6.07) is 39.8. The van der Waals surface area contributed by atoms with E-state index in [0.29, 0.717) is 5.56 Å². The monoisotopic (exact) mass is 753 g/mol. The van der Waals surface area contributed by atoms with Gasteiger partial charge in [-0.3, -0.25) is 19.2 Å². The number of carbonyl (C=O) groups excluding carboxylic acids is 4. The van der Waals surface area contributed by atoms with Gasteiger partial charge in [0, 0.05) is 25.7 Å². The van der Waals surface area contributed by atoms with E-state index >= 15 is 0 Å². The van der Waals surface area contributed by atoms with Crippen molar-refractivity contribution in [1.29, 1.82) is 0 Å². The second-order valence-corrected chi connectivity index (χ2v) is 13.6. The van der Waals surface area contributed by atoms with Crippen LogP contribution in [-0.2, 0) is 56.1 Å². The third kappa shape index (κ3) is 12.8. The molecule has 0 saturated heterocycles. The molecule has 0 saturated carbocycles. The average Bonchev–Trinajstić information content (AvgIpc) is 3.21. The maximum Gasteiger partial charge on any atom is 0.326 e. The molecule has 5 unspecified atom stereocenters. The molecule has 5 aromatic rings. The fourth-order valence-corrected chi connectivity index (χ4v) is 6.28. The van der Waals surface area contributed by atoms with Gasteiger partial charge in [-0.2, -0.15) is 0 Å². The standard InChI is InChI=1S/C45H47N5O6/c46-36(26-31-16-6-1-7-17-31)41(51)47-37(27-32-18-8-2-9-19-32)42(52)48-38(28-33-20-10-3-11-21-33)43(53)49-39(29-34-22-12-4-13-23-34)44(54)50-40(45(55)56)30-35-24-14-5-15-25-35/h1-25,36-40H,26-30,46H2,(H,47,51)(H,48,52)(H,49,53)(H,50,54)(H,55,56). The van der Waals surface area contributed by atoms with Crippen molar-refractivity contribution in [3.8, 4) is 0 Å². The van der Waals surface area contributed by atoms with Crippen LogP contribution in [0.3, 0.4) is 0 Å². The first-order valence-electron chi connectivity index (χ1n) is 18.5. The van der Waals surface area contributed by atoms with E-state index in [2.05, 4.69) is 21.3 Å². The van der Waals surface area contributed by atoms with E-state index in [0.717, 1.165) is 22.3 Å². The van der Waals surface area contributed by atoms with E-state index in [4.69, 9.17) is 5.73 Å². The van der Waals surface area contributed by atoms with Gasteiger partial charge in [0.1, 0.15) is 24.2 Å². The minimum Gasteiger partial charge on any atom is -0.480 e. The normalized spacial score (nSPS) is 13.5. The molecule has 288 valence electrons. The van der Waals surface area contributed by atoms with Gasteiger partial charge < -0.3 is 32.1 Å². The van der Waals surface area contributed by atoms with Crippen LogP contribution in [-0.4, -0.2) is 64.9 Å². The van der Waals surface area contributed by atoms with Crippen molar-refractivity contribution < 1.29 is 29.1 Å². The number of amides is 4. The summed E-state index contributed by atoms with van der Waals surface area (Å²) in [5.41, 5.74) is 10.1. The number of aliphatic carboxylic acids is 1. The van der Waals surface area contributed by atoms with Crippen LogP contribution in [0.5, 0.6) is 0 Å². The van der Waals surface area contributed by atoms with Crippen LogP contribution in [0, 0.1) is 0 Å². The zero-order chi connectivity index (χ0) is 39.7. The van der Waals surface area contributed by atoms with E-state index in [9.17, 15) is 29.1 Å². The molecule has 5 rings (SSSR count). The molecule has 0 aliphatic carbocycles. The van der Waals surface area contributed by atoms with Crippen molar-refractivity contribution in [2.24, 2.45) is 5.73 Å². The third-order valence-corrected chi connectivity index (χ3v) is 9.28. The zero-order valence-electron chi connectivity index (χ0n) is 30.9. The molecule has 5 aromatic carbocycles. The Hall–Kier alpha value is -6.59. The zero-order valence-corrected chi connectivity index (χ0v) is 30.9. The lowest BCUT2D eigenvalue weighted by molar-refractivity contribution is -0.142. The van der Waals surface area contributed by atoms with E-state index in [-0.39, 0.29) is 32.1 Å². The molecule has 7 N–H and O–H groups in total. The fraction of sp³-hybridized carbons (Fsp3) is 0.222. The third-order valence-electron chi connectivity index (χ3n) is 9.28. The SMILES string of the molecule is NC(Cc1ccccc1)C(=O)NC(Cc1ccccc1)C(=O)NC(Cc1ccccc1)C(=O)NC(Cc1ccccc1)C(=O)NC(Cc1ccccc1)C(=O)O. The molecule has 11 nitrogen and oxygen atoms in total. The number of benzene rings is 5. The second kappa shape index (κ2) is 20.8. The lowest BCUT2D eigenvalue weighted by atomic mass is 10.00. The summed E-state index contributed by atoms with van der Waals surface area (Å²) in [5.74, 6) is -3.74. The highest BCUT2D eigenvalue weighted by Crippen LogP contribution is 2.11. The quantitative estimate of drug-likeness (QED) is 0.0747. The molecule has 0 spiro atoms. The maximum atomic E-state index is 14.3. The summed E-state index contributed by atoms with van der Waals surface area (Å²) in [7, 11) is 0. The van der Waals surface area contributed by atoms with Gasteiger partial charge in [-0.05, 0) is 34.2 Å². The lowest BCUT2D eigenvalue weighted by Gasteiger charge is -2.27. The van der Waals surface area contributed by atoms with Crippen molar-refractivity contribution in [3.63, 3.8) is 0 Å². The summed E-state index contributed by atoms with van der Waals surface area (Å²) in [6.45, 7) is 0. The highest BCUT2D eigenvalue weighted by Gasteiger charge is 2.32. The smallest absolute Gasteiger partial charge is 0.326 e. The van der Waals surface area contributed by atoms with Gasteiger partial charge in [0.2, 0.25) is 23.6 Å². The Bertz CT molecular complexity index is 2020. The van der Waals surface area contributed by atoms with Gasteiger partial charge in [0.15, 0.2) is 0 Å². The van der Waals surface area contributed by atoms with Crippen LogP contribution < -0.4 is 27.0 Å². The lowest BCUT2D eigenvalue weighted by Crippen LogP contribution is -2.59. The molecule has 0 heterocycles. The van der Waals surface area contributed by atoms with Crippen LogP contribution >= 0.6 is 0 Å². The van der Waals surface area contributed by atoms with E-state index in [1.807, 2.05) is 103 Å². The molecule has 11 heteroatoms. The molecule has 4 amide bonds. The number of hydrogen-bond acceptors (Lipinski definition) is 6. The van der Waals surface area contributed by atoms with Gasteiger partial charge >= 0.3 is 5.97 Å². The molecule has 0 bridgehead atoms. The highest BCUT2D eigenvalue weighted by molar-refractivity contribution is 5.96. The predicted molar refractivity (Wildman–Crippen MR) is 214 cm³/mol. The van der Waals surface area contributed by atoms with Gasteiger partial charge in [-0.25, -0.2) is 4.79 Å². The summed E-state index contributed by atoms with van der Waals surface area (Å²) in [6.07, 6.45) is 0.513. The molecule has 56 heavy (non-hydrogen) atoms. The largest absolute Gasteiger partial charge is 0.480 e. The first-order chi connectivity index (χ1) is 27.1. The van der Waals surface area contributed by atoms with Crippen LogP contribution in [0.4, 0.5) is 0 Å². The second-order valence-electron chi connectivity index (χ2n) is 13.6. The Morgan fingerprint density at radius 3 is 0.893 bits per heavy atom. The molecule has 0 fully saturated rings. The van der Waals surface area contributed by atoms with Gasteiger partial charge in [0.25, 0.3) is 0 Å². The first-order valence-corrected chi connectivity index (χ1v) is 18.5. The van der Waals surface area contributed by atoms with Gasteiger partial charge in [-0.1, -0.05) is 152 Å². The van der Waals surface area contributed by atoms with Crippen molar-refractivity contribution in [2.75, 3.05) is 0 Å². The summed E-state index contributed by atoms with van der Waals surface area (Å²) < 4.78 is 0. The van der Waals surface area contributed by atoms with Crippen molar-refractivity contribution in [3.05, 3.63) is 179 Å². The molecule has 0 aliphatic heterocycles. The van der Waals surface area contributed by atoms with Crippen molar-refractivity contribution >= 4 is 29.6 Å². The number of rotatable bonds is 19. The first kappa shape index (κ1) is 40.6. The summed E-state index contributed by atoms with van der Waals surface area (Å²) >= 11 is 0. The number of carbonyl (C=O) groups is 5. The van der Waals surface area contributed by atoms with Crippen LogP contribution in [0.25, 0.3) is 0 Å². The Morgan fingerprint density at radius 1 is 0.375 bits per heavy atom. The van der Waals surface area contributed by atoms with Crippen LogP contribution in [0.2, 0.25) is 0 Å². The van der Waals surface area contributed by atoms with Crippen LogP contribution in [0.15, 0.2) is 152 Å². The number of nitrogens with two attached hydrogens (primary N) is 1. The minimum absolute atomic E-state index is 0.0319. The van der Waals surface area contributed by atoms with E-state index < -0.39 is 59.8 Å². The number of nitrogens with one attached hydrogen (secondary N) is 4. The number of carboxylic acids is 1. The summed E-state index contributed by atoms with van der Waals surface area (Å²) in [5, 5.41) is 21.1. The van der Waals surface area contributed by atoms with Crippen molar-refractivity contribution in [2.45, 2.75) is 62.3 Å². The maximum absolute atomic E-state index is 14.3. The minimum atomic E-state index is -1.27. The Labute approximate surface area is 326 Å². The Kier molecular flexibility index (Phi) is 15.0. The molecule has 0 radical (unpaired) electrons. The van der Waals surface area contributed by atoms with E-state index in [1.54, 1.807) is 48.5 Å². The van der Waals surface area contributed by atoms with Gasteiger partial charge in [0.05, 0.1) is 6.04 Å². The molecular formula is C45H47N5O6. The molecular weight excluding hydrogens is 707 g/mol. The number of hydrogen-bond donors (Lipinski definition) is 6. The predicted octanol–water partition coefficient (Wildman–Crippen LogP) is 3.55. The Morgan fingerprint density at radius 2 is 0.607 bits per heavy atom. The molecule has 0 aromatic heterocycles. The topological polar surface area (TPSA) is 180 Å². The fourth-order valence-electron chi connectivity index (χ4n) is 6.28.